The van der Waals surface area contributed by atoms with E-state index in [2.05, 4.69) is 0 Å². The van der Waals surface area contributed by atoms with Crippen LogP contribution in [0.1, 0.15) is 17.5 Å². The molecule has 138 valence electrons. The third kappa shape index (κ3) is 4.85. The molecule has 0 spiro atoms. The van der Waals surface area contributed by atoms with Crippen molar-refractivity contribution < 1.29 is 17.9 Å². The summed E-state index contributed by atoms with van der Waals surface area (Å²) in [6, 6.07) is 16.8. The Balaban J connectivity index is 1.71. The van der Waals surface area contributed by atoms with E-state index >= 15 is 0 Å². The molecule has 1 atom stereocenters. The lowest BCUT2D eigenvalue weighted by Gasteiger charge is -2.28. The fourth-order valence-electron chi connectivity index (χ4n) is 3.08. The van der Waals surface area contributed by atoms with Gasteiger partial charge in [0.05, 0.1) is 11.5 Å². The molecule has 1 saturated heterocycles. The van der Waals surface area contributed by atoms with Gasteiger partial charge in [-0.2, -0.15) is 0 Å². The molecule has 3 rings (SSSR count). The lowest BCUT2D eigenvalue weighted by atomic mass is 10.1. The highest BCUT2D eigenvalue weighted by Gasteiger charge is 2.34. The summed E-state index contributed by atoms with van der Waals surface area (Å²) in [5.74, 6) is 0.588. The van der Waals surface area contributed by atoms with E-state index in [0.29, 0.717) is 18.7 Å². The van der Waals surface area contributed by atoms with E-state index in [-0.39, 0.29) is 30.1 Å². The molecule has 0 aromatic heterocycles. The number of sulfone groups is 1. The van der Waals surface area contributed by atoms with Crippen LogP contribution in [0.2, 0.25) is 0 Å². The molecule has 1 aliphatic heterocycles. The second-order valence-electron chi connectivity index (χ2n) is 6.67. The Labute approximate surface area is 154 Å². The van der Waals surface area contributed by atoms with Gasteiger partial charge in [0.2, 0.25) is 0 Å². The maximum Gasteiger partial charge on any atom is 0.261 e. The van der Waals surface area contributed by atoms with Gasteiger partial charge in [-0.05, 0) is 31.0 Å². The number of benzene rings is 2. The zero-order valence-corrected chi connectivity index (χ0v) is 15.6. The van der Waals surface area contributed by atoms with Crippen LogP contribution < -0.4 is 4.74 Å². The number of ether oxygens (including phenoxy) is 1. The molecule has 0 bridgehead atoms. The van der Waals surface area contributed by atoms with E-state index in [9.17, 15) is 13.2 Å². The Morgan fingerprint density at radius 1 is 1.12 bits per heavy atom. The van der Waals surface area contributed by atoms with Crippen molar-refractivity contribution in [1.82, 2.24) is 4.90 Å². The molecule has 1 amide bonds. The van der Waals surface area contributed by atoms with E-state index in [1.807, 2.05) is 61.5 Å². The van der Waals surface area contributed by atoms with E-state index in [1.54, 1.807) is 4.90 Å². The summed E-state index contributed by atoms with van der Waals surface area (Å²) in [5.41, 5.74) is 2.09. The molecule has 0 N–H and O–H groups in total. The van der Waals surface area contributed by atoms with Crippen molar-refractivity contribution in [2.75, 3.05) is 18.1 Å². The minimum Gasteiger partial charge on any atom is -0.484 e. The summed E-state index contributed by atoms with van der Waals surface area (Å²) in [6.45, 7) is 2.26. The van der Waals surface area contributed by atoms with Crippen molar-refractivity contribution in [2.45, 2.75) is 25.9 Å². The molecule has 0 saturated carbocycles. The van der Waals surface area contributed by atoms with E-state index in [1.165, 1.54) is 0 Å². The van der Waals surface area contributed by atoms with Gasteiger partial charge in [-0.25, -0.2) is 8.42 Å². The lowest BCUT2D eigenvalue weighted by molar-refractivity contribution is -0.136. The zero-order chi connectivity index (χ0) is 18.6. The van der Waals surface area contributed by atoms with Gasteiger partial charge in [0.25, 0.3) is 5.91 Å². The molecule has 6 heteroatoms. The highest BCUT2D eigenvalue weighted by molar-refractivity contribution is 7.91. The van der Waals surface area contributed by atoms with E-state index in [0.717, 1.165) is 11.1 Å². The van der Waals surface area contributed by atoms with Crippen LogP contribution in [-0.2, 0) is 21.2 Å². The van der Waals surface area contributed by atoms with E-state index < -0.39 is 9.84 Å². The Hall–Kier alpha value is -2.34. The molecule has 2 aromatic rings. The van der Waals surface area contributed by atoms with Gasteiger partial charge >= 0.3 is 0 Å². The largest absolute Gasteiger partial charge is 0.484 e. The molecule has 1 heterocycles. The van der Waals surface area contributed by atoms with Crippen LogP contribution in [0, 0.1) is 6.92 Å². The first-order valence-electron chi connectivity index (χ1n) is 8.66. The zero-order valence-electron chi connectivity index (χ0n) is 14.8. The Morgan fingerprint density at radius 2 is 1.81 bits per heavy atom. The van der Waals surface area contributed by atoms with Gasteiger partial charge < -0.3 is 9.64 Å². The number of hydrogen-bond acceptors (Lipinski definition) is 4. The Kier molecular flexibility index (Phi) is 5.61. The maximum absolute atomic E-state index is 12.8. The van der Waals surface area contributed by atoms with Crippen molar-refractivity contribution >= 4 is 15.7 Å². The molecule has 0 aliphatic carbocycles. The van der Waals surface area contributed by atoms with Crippen LogP contribution in [0.15, 0.2) is 54.6 Å². The van der Waals surface area contributed by atoms with Crippen molar-refractivity contribution in [3.05, 3.63) is 65.7 Å². The number of rotatable bonds is 6. The predicted molar refractivity (Wildman–Crippen MR) is 101 cm³/mol. The third-order valence-corrected chi connectivity index (χ3v) is 6.30. The third-order valence-electron chi connectivity index (χ3n) is 4.55. The van der Waals surface area contributed by atoms with Crippen LogP contribution in [0.4, 0.5) is 0 Å². The van der Waals surface area contributed by atoms with E-state index in [4.69, 9.17) is 4.74 Å². The highest BCUT2D eigenvalue weighted by atomic mass is 32.2. The van der Waals surface area contributed by atoms with Crippen molar-refractivity contribution in [2.24, 2.45) is 0 Å². The number of nitrogens with zero attached hydrogens (tertiary/aromatic N) is 1. The molecule has 1 aliphatic rings. The fourth-order valence-corrected chi connectivity index (χ4v) is 4.82. The quantitative estimate of drug-likeness (QED) is 0.781. The lowest BCUT2D eigenvalue weighted by Crippen LogP contribution is -2.43. The smallest absolute Gasteiger partial charge is 0.261 e. The van der Waals surface area contributed by atoms with Gasteiger partial charge in [0.1, 0.15) is 5.75 Å². The summed E-state index contributed by atoms with van der Waals surface area (Å²) in [7, 11) is -3.07. The van der Waals surface area contributed by atoms with Gasteiger partial charge in [0, 0.05) is 12.6 Å². The summed E-state index contributed by atoms with van der Waals surface area (Å²) in [5, 5.41) is 0. The molecule has 26 heavy (non-hydrogen) atoms. The predicted octanol–water partition coefficient (Wildman–Crippen LogP) is 2.59. The number of carbonyl (C=O) groups is 1. The van der Waals surface area contributed by atoms with Crippen molar-refractivity contribution in [1.29, 1.82) is 0 Å². The minimum absolute atomic E-state index is 0.0239. The molecule has 5 nitrogen and oxygen atoms in total. The van der Waals surface area contributed by atoms with Crippen LogP contribution in [-0.4, -0.2) is 43.4 Å². The first-order valence-corrected chi connectivity index (χ1v) is 10.5. The summed E-state index contributed by atoms with van der Waals surface area (Å²) in [4.78, 5) is 14.4. The van der Waals surface area contributed by atoms with Crippen molar-refractivity contribution in [3.8, 4) is 5.75 Å². The van der Waals surface area contributed by atoms with Crippen LogP contribution in [0.25, 0.3) is 0 Å². The Bertz CT molecular complexity index is 847. The first-order chi connectivity index (χ1) is 12.4. The van der Waals surface area contributed by atoms with Gasteiger partial charge in [-0.3, -0.25) is 4.79 Å². The molecular formula is C20H23NO4S. The monoisotopic (exact) mass is 373 g/mol. The first kappa shape index (κ1) is 18.5. The highest BCUT2D eigenvalue weighted by Crippen LogP contribution is 2.21. The molecule has 1 unspecified atom stereocenters. The minimum atomic E-state index is -3.07. The number of hydrogen-bond donors (Lipinski definition) is 0. The molecule has 2 aromatic carbocycles. The standard InChI is InChI=1S/C20H23NO4S/c1-16-7-9-19(10-8-16)25-14-20(22)21(13-17-5-3-2-4-6-17)18-11-12-26(23,24)15-18/h2-10,18H,11-15H2,1H3. The van der Waals surface area contributed by atoms with Gasteiger partial charge in [-0.1, -0.05) is 48.0 Å². The molecule has 0 radical (unpaired) electrons. The number of aryl methyl sites for hydroxylation is 1. The second kappa shape index (κ2) is 7.91. The number of amides is 1. The van der Waals surface area contributed by atoms with Gasteiger partial charge in [-0.15, -0.1) is 0 Å². The summed E-state index contributed by atoms with van der Waals surface area (Å²) < 4.78 is 29.3. The van der Waals surface area contributed by atoms with Crippen LogP contribution in [0.3, 0.4) is 0 Å². The van der Waals surface area contributed by atoms with Crippen molar-refractivity contribution in [3.63, 3.8) is 0 Å². The summed E-state index contributed by atoms with van der Waals surface area (Å²) >= 11 is 0. The topological polar surface area (TPSA) is 63.7 Å². The SMILES string of the molecule is Cc1ccc(OCC(=O)N(Cc2ccccc2)C2CCS(=O)(=O)C2)cc1. The van der Waals surface area contributed by atoms with Crippen LogP contribution >= 0.6 is 0 Å². The average molecular weight is 373 g/mol. The normalized spacial score (nSPS) is 18.4. The summed E-state index contributed by atoms with van der Waals surface area (Å²) in [6.07, 6.45) is 0.478. The second-order valence-corrected chi connectivity index (χ2v) is 8.89. The molecule has 1 fully saturated rings. The Morgan fingerprint density at radius 3 is 2.42 bits per heavy atom. The average Bonchev–Trinajstić information content (AvgIpc) is 2.99. The van der Waals surface area contributed by atoms with Gasteiger partial charge in [0.15, 0.2) is 16.4 Å². The maximum atomic E-state index is 12.8. The fraction of sp³-hybridized carbons (Fsp3) is 0.350. The number of carbonyl (C=O) groups excluding carboxylic acids is 1. The van der Waals surface area contributed by atoms with Crippen LogP contribution in [0.5, 0.6) is 5.75 Å². The molecular weight excluding hydrogens is 350 g/mol.